The van der Waals surface area contributed by atoms with E-state index in [1.807, 2.05) is 0 Å². The van der Waals surface area contributed by atoms with E-state index in [9.17, 15) is 13.2 Å². The molecular formula is C28H36F3N3S. The minimum Gasteiger partial charge on any atom is -0.382 e. The predicted molar refractivity (Wildman–Crippen MR) is 139 cm³/mol. The summed E-state index contributed by atoms with van der Waals surface area (Å²) in [7, 11) is 0. The fourth-order valence-electron chi connectivity index (χ4n) is 5.67. The SMILES string of the molecule is CCCN1CCC(Nc2cc(C(F)(F)F)cc3c2Cc2ccc(N4CCC(C)(C)C4)cc2S3)CC1. The Morgan fingerprint density at radius 3 is 2.49 bits per heavy atom. The zero-order valence-corrected chi connectivity index (χ0v) is 21.8. The molecule has 0 unspecified atom stereocenters. The van der Waals surface area contributed by atoms with Crippen molar-refractivity contribution in [3.8, 4) is 0 Å². The lowest BCUT2D eigenvalue weighted by atomic mass is 9.93. The van der Waals surface area contributed by atoms with Crippen LogP contribution in [0.4, 0.5) is 24.5 Å². The largest absolute Gasteiger partial charge is 0.416 e. The van der Waals surface area contributed by atoms with Crippen molar-refractivity contribution in [2.75, 3.05) is 42.9 Å². The number of nitrogens with zero attached hydrogens (tertiary/aromatic N) is 2. The van der Waals surface area contributed by atoms with Crippen LogP contribution in [0.1, 0.15) is 63.1 Å². The second-order valence-corrected chi connectivity index (χ2v) is 12.2. The van der Waals surface area contributed by atoms with Crippen molar-refractivity contribution in [1.82, 2.24) is 4.90 Å². The van der Waals surface area contributed by atoms with Crippen LogP contribution in [0.5, 0.6) is 0 Å². The van der Waals surface area contributed by atoms with Crippen LogP contribution in [-0.2, 0) is 12.6 Å². The number of hydrogen-bond donors (Lipinski definition) is 1. The highest BCUT2D eigenvalue weighted by atomic mass is 32.2. The summed E-state index contributed by atoms with van der Waals surface area (Å²) >= 11 is 1.49. The van der Waals surface area contributed by atoms with Crippen LogP contribution in [-0.4, -0.2) is 43.7 Å². The third-order valence-corrected chi connectivity index (χ3v) is 8.89. The number of fused-ring (bicyclic) bond motifs is 2. The maximum atomic E-state index is 13.8. The predicted octanol–water partition coefficient (Wildman–Crippen LogP) is 7.28. The first-order valence-electron chi connectivity index (χ1n) is 12.9. The Kier molecular flexibility index (Phi) is 6.77. The van der Waals surface area contributed by atoms with E-state index >= 15 is 0 Å². The van der Waals surface area contributed by atoms with Crippen LogP contribution in [0, 0.1) is 5.41 Å². The van der Waals surface area contributed by atoms with E-state index in [1.54, 1.807) is 0 Å². The number of anilines is 2. The molecule has 35 heavy (non-hydrogen) atoms. The standard InChI is InChI=1S/C28H36F3N3S/c1-4-10-33-11-7-21(8-12-33)32-24-15-20(28(29,30)31)16-26-23(24)14-19-5-6-22(17-25(19)35-26)34-13-9-27(2,3)18-34/h5-6,15-17,21,32H,4,7-14,18H2,1-3H3. The van der Waals surface area contributed by atoms with E-state index in [2.05, 4.69) is 54.1 Å². The summed E-state index contributed by atoms with van der Waals surface area (Å²) in [6.07, 6.45) is 0.515. The average molecular weight is 504 g/mol. The van der Waals surface area contributed by atoms with Gasteiger partial charge in [-0.05, 0) is 73.0 Å². The summed E-state index contributed by atoms with van der Waals surface area (Å²) in [5, 5.41) is 3.53. The molecule has 3 nitrogen and oxygen atoms in total. The number of halogens is 3. The van der Waals surface area contributed by atoms with Gasteiger partial charge in [0.1, 0.15) is 0 Å². The van der Waals surface area contributed by atoms with Crippen LogP contribution in [0.15, 0.2) is 40.1 Å². The number of piperidine rings is 1. The quantitative estimate of drug-likeness (QED) is 0.394. The molecule has 5 rings (SSSR count). The van der Waals surface area contributed by atoms with Crippen LogP contribution >= 0.6 is 11.8 Å². The lowest BCUT2D eigenvalue weighted by molar-refractivity contribution is -0.137. The normalized spacial score (nSPS) is 20.6. The molecule has 0 atom stereocenters. The van der Waals surface area contributed by atoms with E-state index in [1.165, 1.54) is 35.1 Å². The van der Waals surface area contributed by atoms with E-state index in [0.29, 0.717) is 17.5 Å². The lowest BCUT2D eigenvalue weighted by Crippen LogP contribution is -2.39. The van der Waals surface area contributed by atoms with Crippen molar-refractivity contribution in [3.05, 3.63) is 47.0 Å². The number of nitrogens with one attached hydrogen (secondary N) is 1. The first-order chi connectivity index (χ1) is 16.6. The minimum atomic E-state index is -4.36. The Labute approximate surface area is 211 Å². The van der Waals surface area contributed by atoms with Crippen LogP contribution in [0.2, 0.25) is 0 Å². The highest BCUT2D eigenvalue weighted by Crippen LogP contribution is 2.47. The Hall–Kier alpha value is -1.86. The molecular weight excluding hydrogens is 467 g/mol. The fraction of sp³-hybridized carbons (Fsp3) is 0.571. The highest BCUT2D eigenvalue weighted by Gasteiger charge is 2.34. The fourth-order valence-corrected chi connectivity index (χ4v) is 6.85. The van der Waals surface area contributed by atoms with Crippen molar-refractivity contribution >= 4 is 23.1 Å². The number of benzene rings is 2. The number of alkyl halides is 3. The van der Waals surface area contributed by atoms with Crippen LogP contribution in [0.25, 0.3) is 0 Å². The van der Waals surface area contributed by atoms with Gasteiger partial charge in [0.25, 0.3) is 0 Å². The van der Waals surface area contributed by atoms with Gasteiger partial charge in [-0.25, -0.2) is 0 Å². The maximum Gasteiger partial charge on any atom is 0.416 e. The van der Waals surface area contributed by atoms with Gasteiger partial charge in [-0.3, -0.25) is 0 Å². The number of hydrogen-bond acceptors (Lipinski definition) is 4. The average Bonchev–Trinajstić information content (AvgIpc) is 3.18. The highest BCUT2D eigenvalue weighted by molar-refractivity contribution is 7.99. The van der Waals surface area contributed by atoms with Crippen LogP contribution in [0.3, 0.4) is 0 Å². The van der Waals surface area contributed by atoms with Gasteiger partial charge in [-0.15, -0.1) is 0 Å². The lowest BCUT2D eigenvalue weighted by Gasteiger charge is -2.34. The third kappa shape index (κ3) is 5.46. The molecule has 7 heteroatoms. The molecule has 0 spiro atoms. The number of rotatable bonds is 5. The Morgan fingerprint density at radius 2 is 1.83 bits per heavy atom. The molecule has 190 valence electrons. The first-order valence-corrected chi connectivity index (χ1v) is 13.7. The van der Waals surface area contributed by atoms with Crippen molar-refractivity contribution in [3.63, 3.8) is 0 Å². The molecule has 2 aromatic carbocycles. The maximum absolute atomic E-state index is 13.8. The van der Waals surface area contributed by atoms with E-state index < -0.39 is 11.7 Å². The molecule has 2 aromatic rings. The summed E-state index contributed by atoms with van der Waals surface area (Å²) in [4.78, 5) is 6.67. The van der Waals surface area contributed by atoms with Gasteiger partial charge in [0.2, 0.25) is 0 Å². The van der Waals surface area contributed by atoms with Gasteiger partial charge >= 0.3 is 6.18 Å². The molecule has 0 radical (unpaired) electrons. The zero-order chi connectivity index (χ0) is 24.8. The molecule has 2 fully saturated rings. The van der Waals surface area contributed by atoms with Gasteiger partial charge in [0.05, 0.1) is 5.56 Å². The van der Waals surface area contributed by atoms with Gasteiger partial charge in [-0.1, -0.05) is 38.6 Å². The Morgan fingerprint density at radius 1 is 1.06 bits per heavy atom. The minimum absolute atomic E-state index is 0.211. The van der Waals surface area contributed by atoms with Crippen molar-refractivity contribution < 1.29 is 13.2 Å². The molecule has 3 aliphatic rings. The Balaban J connectivity index is 1.41. The molecule has 3 aliphatic heterocycles. The van der Waals surface area contributed by atoms with Crippen molar-refractivity contribution in [2.24, 2.45) is 5.41 Å². The summed E-state index contributed by atoms with van der Waals surface area (Å²) in [6.45, 7) is 11.9. The van der Waals surface area contributed by atoms with Gasteiger partial charge in [0, 0.05) is 59.8 Å². The monoisotopic (exact) mass is 503 g/mol. The van der Waals surface area contributed by atoms with Crippen molar-refractivity contribution in [2.45, 2.75) is 74.9 Å². The van der Waals surface area contributed by atoms with E-state index in [4.69, 9.17) is 0 Å². The summed E-state index contributed by atoms with van der Waals surface area (Å²) in [6, 6.07) is 9.44. The smallest absolute Gasteiger partial charge is 0.382 e. The van der Waals surface area contributed by atoms with Gasteiger partial charge in [0.15, 0.2) is 0 Å². The van der Waals surface area contributed by atoms with Crippen molar-refractivity contribution in [1.29, 1.82) is 0 Å². The van der Waals surface area contributed by atoms with E-state index in [0.717, 1.165) is 73.8 Å². The molecule has 0 aromatic heterocycles. The second kappa shape index (κ2) is 9.55. The molecule has 1 N–H and O–H groups in total. The second-order valence-electron chi connectivity index (χ2n) is 11.2. The summed E-state index contributed by atoms with van der Waals surface area (Å²) in [5.41, 5.74) is 3.77. The zero-order valence-electron chi connectivity index (χ0n) is 21.0. The molecule has 3 heterocycles. The number of likely N-dealkylation sites (tertiary alicyclic amines) is 1. The molecule has 0 bridgehead atoms. The Bertz CT molecular complexity index is 1070. The van der Waals surface area contributed by atoms with E-state index in [-0.39, 0.29) is 6.04 Å². The molecule has 0 saturated carbocycles. The molecule has 0 aliphatic carbocycles. The van der Waals surface area contributed by atoms with Crippen LogP contribution < -0.4 is 10.2 Å². The molecule has 2 saturated heterocycles. The summed E-state index contributed by atoms with van der Waals surface area (Å²) in [5.74, 6) is 0. The topological polar surface area (TPSA) is 18.5 Å². The first kappa shape index (κ1) is 24.8. The molecule has 0 amide bonds. The summed E-state index contributed by atoms with van der Waals surface area (Å²) < 4.78 is 41.5. The van der Waals surface area contributed by atoms with Gasteiger partial charge < -0.3 is 15.1 Å². The van der Waals surface area contributed by atoms with Gasteiger partial charge in [-0.2, -0.15) is 13.2 Å². The third-order valence-electron chi connectivity index (χ3n) is 7.70.